The van der Waals surface area contributed by atoms with Crippen molar-refractivity contribution in [1.82, 2.24) is 15.1 Å². The van der Waals surface area contributed by atoms with Crippen LogP contribution in [0.1, 0.15) is 23.5 Å². The number of alkyl halides is 2. The molecule has 1 fully saturated rings. The number of carbonyl (C=O) groups is 1. The molecule has 5 nitrogen and oxygen atoms in total. The Balaban J connectivity index is 1.52. The van der Waals surface area contributed by atoms with Gasteiger partial charge in [0.2, 0.25) is 0 Å². The molecule has 0 aliphatic carbocycles. The van der Waals surface area contributed by atoms with E-state index in [2.05, 4.69) is 10.4 Å². The Kier molecular flexibility index (Phi) is 4.73. The number of benzene rings is 1. The molecule has 2 heterocycles. The summed E-state index contributed by atoms with van der Waals surface area (Å²) in [6, 6.07) is 7.83. The van der Waals surface area contributed by atoms with Crippen molar-refractivity contribution in [3.63, 3.8) is 0 Å². The Labute approximate surface area is 137 Å². The Bertz CT molecular complexity index is 719. The lowest BCUT2D eigenvalue weighted by Crippen LogP contribution is -2.31. The highest BCUT2D eigenvalue weighted by Gasteiger charge is 2.25. The topological polar surface area (TPSA) is 50.2 Å². The van der Waals surface area contributed by atoms with Crippen LogP contribution in [0.5, 0.6) is 0 Å². The lowest BCUT2D eigenvalue weighted by Gasteiger charge is -2.19. The molecule has 0 spiro atoms. The second-order valence-electron chi connectivity index (χ2n) is 5.72. The van der Waals surface area contributed by atoms with E-state index in [9.17, 15) is 18.0 Å². The van der Waals surface area contributed by atoms with Gasteiger partial charge < -0.3 is 10.2 Å². The molecule has 1 aliphatic heterocycles. The maximum Gasteiger partial charge on any atom is 0.333 e. The van der Waals surface area contributed by atoms with Gasteiger partial charge in [-0.05, 0) is 30.5 Å². The maximum atomic E-state index is 13.8. The van der Waals surface area contributed by atoms with Crippen LogP contribution in [0.25, 0.3) is 0 Å². The highest BCUT2D eigenvalue weighted by atomic mass is 19.3. The molecule has 8 heteroatoms. The van der Waals surface area contributed by atoms with Crippen LogP contribution in [0, 0.1) is 11.7 Å². The van der Waals surface area contributed by atoms with Crippen LogP contribution < -0.4 is 10.2 Å². The summed E-state index contributed by atoms with van der Waals surface area (Å²) in [6.45, 7) is -1.03. The van der Waals surface area contributed by atoms with Gasteiger partial charge in [-0.3, -0.25) is 4.79 Å². The molecular formula is C16H17F3N4O. The summed E-state index contributed by atoms with van der Waals surface area (Å²) in [5, 5.41) is 6.22. The van der Waals surface area contributed by atoms with Gasteiger partial charge in [0, 0.05) is 25.8 Å². The van der Waals surface area contributed by atoms with Gasteiger partial charge in [-0.2, -0.15) is 13.9 Å². The summed E-state index contributed by atoms with van der Waals surface area (Å²) in [6.07, 6.45) is 1.88. The molecule has 1 amide bonds. The Morgan fingerprint density at radius 3 is 2.83 bits per heavy atom. The number of halogens is 3. The number of amides is 1. The van der Waals surface area contributed by atoms with Crippen molar-refractivity contribution in [2.45, 2.75) is 13.0 Å². The summed E-state index contributed by atoms with van der Waals surface area (Å²) >= 11 is 0. The third-order valence-corrected chi connectivity index (χ3v) is 4.07. The minimum atomic E-state index is -2.77. The molecular weight excluding hydrogens is 321 g/mol. The molecule has 128 valence electrons. The lowest BCUT2D eigenvalue weighted by molar-refractivity contribution is 0.0560. The number of hydrogen-bond donors (Lipinski definition) is 1. The molecule has 1 aromatic carbocycles. The fourth-order valence-electron chi connectivity index (χ4n) is 2.82. The number of carbonyl (C=O) groups excluding carboxylic acids is 1. The van der Waals surface area contributed by atoms with Crippen molar-refractivity contribution in [1.29, 1.82) is 0 Å². The molecule has 24 heavy (non-hydrogen) atoms. The average Bonchev–Trinajstić information content (AvgIpc) is 3.22. The number of rotatable bonds is 5. The zero-order chi connectivity index (χ0) is 17.1. The zero-order valence-electron chi connectivity index (χ0n) is 12.8. The van der Waals surface area contributed by atoms with Gasteiger partial charge in [-0.15, -0.1) is 0 Å². The third kappa shape index (κ3) is 3.52. The highest BCUT2D eigenvalue weighted by Crippen LogP contribution is 2.25. The molecule has 1 aliphatic rings. The minimum absolute atomic E-state index is 0.0424. The summed E-state index contributed by atoms with van der Waals surface area (Å²) in [7, 11) is 0. The molecule has 0 radical (unpaired) electrons. The monoisotopic (exact) mass is 338 g/mol. The van der Waals surface area contributed by atoms with Crippen LogP contribution in [0.15, 0.2) is 36.5 Å². The summed E-state index contributed by atoms with van der Waals surface area (Å²) in [5.41, 5.74) is 0.515. The van der Waals surface area contributed by atoms with Crippen LogP contribution in [0.3, 0.4) is 0 Å². The van der Waals surface area contributed by atoms with Crippen molar-refractivity contribution >= 4 is 11.6 Å². The highest BCUT2D eigenvalue weighted by molar-refractivity contribution is 5.92. The summed E-state index contributed by atoms with van der Waals surface area (Å²) in [5.74, 6) is -0.579. The number of para-hydroxylation sites is 1. The van der Waals surface area contributed by atoms with Gasteiger partial charge in [-0.25, -0.2) is 9.07 Å². The molecule has 2 aromatic rings. The predicted octanol–water partition coefficient (Wildman–Crippen LogP) is 2.67. The van der Waals surface area contributed by atoms with Crippen molar-refractivity contribution < 1.29 is 18.0 Å². The Morgan fingerprint density at radius 2 is 2.12 bits per heavy atom. The van der Waals surface area contributed by atoms with Gasteiger partial charge >= 0.3 is 6.55 Å². The van der Waals surface area contributed by atoms with Crippen LogP contribution in [0.2, 0.25) is 0 Å². The molecule has 1 N–H and O–H groups in total. The Morgan fingerprint density at radius 1 is 1.33 bits per heavy atom. The SMILES string of the molecule is O=C(NC[C@@H]1CCN(c2ccccc2F)C1)c1ccn(C(F)F)n1. The third-order valence-electron chi connectivity index (χ3n) is 4.07. The molecule has 0 bridgehead atoms. The average molecular weight is 338 g/mol. The van der Waals surface area contributed by atoms with Crippen molar-refractivity contribution in [3.05, 3.63) is 48.0 Å². The first-order chi connectivity index (χ1) is 11.5. The normalized spacial score (nSPS) is 17.5. The van der Waals surface area contributed by atoms with E-state index < -0.39 is 12.5 Å². The van der Waals surface area contributed by atoms with Gasteiger partial charge in [0.15, 0.2) is 0 Å². The summed E-state index contributed by atoms with van der Waals surface area (Å²) < 4.78 is 39.1. The van der Waals surface area contributed by atoms with E-state index in [1.807, 2.05) is 4.90 Å². The number of aromatic nitrogens is 2. The van der Waals surface area contributed by atoms with Crippen LogP contribution in [-0.4, -0.2) is 35.3 Å². The fourth-order valence-corrected chi connectivity index (χ4v) is 2.82. The number of anilines is 1. The maximum absolute atomic E-state index is 13.8. The molecule has 1 aromatic heterocycles. The molecule has 1 atom stereocenters. The largest absolute Gasteiger partial charge is 0.369 e. The zero-order valence-corrected chi connectivity index (χ0v) is 12.8. The summed E-state index contributed by atoms with van der Waals surface area (Å²) in [4.78, 5) is 13.9. The second-order valence-corrected chi connectivity index (χ2v) is 5.72. The van der Waals surface area contributed by atoms with Crippen molar-refractivity contribution in [2.24, 2.45) is 5.92 Å². The van der Waals surface area contributed by atoms with E-state index in [-0.39, 0.29) is 17.4 Å². The molecule has 3 rings (SSSR count). The van der Waals surface area contributed by atoms with Gasteiger partial charge in [-0.1, -0.05) is 12.1 Å². The quantitative estimate of drug-likeness (QED) is 0.912. The van der Waals surface area contributed by atoms with Gasteiger partial charge in [0.05, 0.1) is 5.69 Å². The first-order valence-corrected chi connectivity index (χ1v) is 7.65. The van der Waals surface area contributed by atoms with Crippen LogP contribution in [-0.2, 0) is 0 Å². The van der Waals surface area contributed by atoms with E-state index in [1.165, 1.54) is 12.1 Å². The van der Waals surface area contributed by atoms with E-state index in [1.54, 1.807) is 18.2 Å². The first-order valence-electron chi connectivity index (χ1n) is 7.65. The second kappa shape index (κ2) is 6.94. The van der Waals surface area contributed by atoms with E-state index >= 15 is 0 Å². The molecule has 0 saturated carbocycles. The standard InChI is InChI=1S/C16H17F3N4O/c17-12-3-1-2-4-14(12)22-7-5-11(10-22)9-20-15(24)13-6-8-23(21-13)16(18)19/h1-4,6,8,11,16H,5,7,9-10H2,(H,20,24)/t11-/m0/s1. The van der Waals surface area contributed by atoms with Gasteiger partial charge in [0.25, 0.3) is 5.91 Å². The minimum Gasteiger partial charge on any atom is -0.369 e. The van der Waals surface area contributed by atoms with Gasteiger partial charge in [0.1, 0.15) is 11.5 Å². The van der Waals surface area contributed by atoms with Crippen molar-refractivity contribution in [2.75, 3.05) is 24.5 Å². The molecule has 1 saturated heterocycles. The Hall–Kier alpha value is -2.51. The van der Waals surface area contributed by atoms with Crippen LogP contribution in [0.4, 0.5) is 18.9 Å². The lowest BCUT2D eigenvalue weighted by atomic mass is 10.1. The predicted molar refractivity (Wildman–Crippen MR) is 82.5 cm³/mol. The van der Waals surface area contributed by atoms with Crippen molar-refractivity contribution in [3.8, 4) is 0 Å². The van der Waals surface area contributed by atoms with E-state index in [0.717, 1.165) is 12.6 Å². The fraction of sp³-hybridized carbons (Fsp3) is 0.375. The number of nitrogens with one attached hydrogen (secondary N) is 1. The number of hydrogen-bond acceptors (Lipinski definition) is 3. The van der Waals surface area contributed by atoms with Crippen LogP contribution >= 0.6 is 0 Å². The smallest absolute Gasteiger partial charge is 0.333 e. The first kappa shape index (κ1) is 16.4. The van der Waals surface area contributed by atoms with E-state index in [4.69, 9.17) is 0 Å². The van der Waals surface area contributed by atoms with E-state index in [0.29, 0.717) is 30.0 Å². The number of nitrogens with zero attached hydrogens (tertiary/aromatic N) is 3. The molecule has 0 unspecified atom stereocenters.